The number of piperidine rings is 1. The number of hydrogen-bond donors (Lipinski definition) is 2. The number of aromatic nitrogens is 1. The topological polar surface area (TPSA) is 39.3 Å². The van der Waals surface area contributed by atoms with E-state index in [4.69, 9.17) is 0 Å². The number of hydrogen-bond acceptors (Lipinski definition) is 2. The van der Waals surface area contributed by atoms with Crippen molar-refractivity contribution >= 4 is 26.8 Å². The minimum absolute atomic E-state index is 0.0662. The van der Waals surface area contributed by atoms with Gasteiger partial charge in [0.25, 0.3) is 0 Å². The first-order valence-electron chi connectivity index (χ1n) is 10.0. The Kier molecular flexibility index (Phi) is 4.37. The summed E-state index contributed by atoms with van der Waals surface area (Å²) in [4.78, 5) is 6.25. The van der Waals surface area contributed by atoms with Gasteiger partial charge in [0.15, 0.2) is 0 Å². The SMILES string of the molecule is C=CCN1CCC2(c3cccc(O)c3)Cc3[nH]c4c(Br)cccc4c3CC2C1. The van der Waals surface area contributed by atoms with Crippen LogP contribution in [0, 0.1) is 5.92 Å². The van der Waals surface area contributed by atoms with Gasteiger partial charge in [-0.15, -0.1) is 6.58 Å². The maximum absolute atomic E-state index is 10.2. The van der Waals surface area contributed by atoms with Crippen molar-refractivity contribution in [1.29, 1.82) is 0 Å². The van der Waals surface area contributed by atoms with E-state index in [2.05, 4.69) is 56.7 Å². The number of phenols is 1. The van der Waals surface area contributed by atoms with Crippen molar-refractivity contribution in [3.8, 4) is 5.75 Å². The fourth-order valence-corrected chi connectivity index (χ4v) is 5.98. The molecule has 0 spiro atoms. The molecule has 2 aromatic carbocycles. The van der Waals surface area contributed by atoms with E-state index in [9.17, 15) is 5.11 Å². The second-order valence-electron chi connectivity index (χ2n) is 8.33. The molecular weight excluding hydrogens is 412 g/mol. The Labute approximate surface area is 174 Å². The average molecular weight is 437 g/mol. The highest BCUT2D eigenvalue weighted by Gasteiger charge is 2.48. The highest BCUT2D eigenvalue weighted by Crippen LogP contribution is 2.49. The van der Waals surface area contributed by atoms with Crippen LogP contribution in [0.1, 0.15) is 23.2 Å². The minimum Gasteiger partial charge on any atom is -0.508 e. The van der Waals surface area contributed by atoms with E-state index in [-0.39, 0.29) is 5.41 Å². The number of para-hydroxylation sites is 1. The number of fused-ring (bicyclic) bond motifs is 4. The summed E-state index contributed by atoms with van der Waals surface area (Å²) in [6, 6.07) is 14.4. The van der Waals surface area contributed by atoms with E-state index >= 15 is 0 Å². The molecule has 4 heteroatoms. The Morgan fingerprint density at radius 2 is 2.14 bits per heavy atom. The largest absolute Gasteiger partial charge is 0.508 e. The van der Waals surface area contributed by atoms with Crippen molar-refractivity contribution < 1.29 is 5.11 Å². The maximum atomic E-state index is 10.2. The van der Waals surface area contributed by atoms with Crippen molar-refractivity contribution in [1.82, 2.24) is 9.88 Å². The first-order valence-corrected chi connectivity index (χ1v) is 10.8. The first-order chi connectivity index (χ1) is 13.6. The van der Waals surface area contributed by atoms with Gasteiger partial charge in [-0.05, 0) is 77.0 Å². The minimum atomic E-state index is 0.0662. The summed E-state index contributed by atoms with van der Waals surface area (Å²) in [6.07, 6.45) is 5.18. The molecule has 1 fully saturated rings. The molecule has 1 saturated heterocycles. The number of halogens is 1. The van der Waals surface area contributed by atoms with Crippen LogP contribution in [0.5, 0.6) is 5.75 Å². The molecule has 1 aromatic heterocycles. The van der Waals surface area contributed by atoms with Crippen LogP contribution in [0.4, 0.5) is 0 Å². The summed E-state index contributed by atoms with van der Waals surface area (Å²) in [5.41, 5.74) is 5.38. The smallest absolute Gasteiger partial charge is 0.115 e. The summed E-state index contributed by atoms with van der Waals surface area (Å²) < 4.78 is 1.13. The van der Waals surface area contributed by atoms with E-state index in [0.29, 0.717) is 11.7 Å². The van der Waals surface area contributed by atoms with Gasteiger partial charge < -0.3 is 10.1 Å². The number of H-pyrrole nitrogens is 1. The van der Waals surface area contributed by atoms with Crippen LogP contribution >= 0.6 is 15.9 Å². The third-order valence-electron chi connectivity index (χ3n) is 6.86. The molecule has 144 valence electrons. The zero-order valence-corrected chi connectivity index (χ0v) is 17.5. The van der Waals surface area contributed by atoms with Crippen LogP contribution in [0.2, 0.25) is 0 Å². The van der Waals surface area contributed by atoms with Gasteiger partial charge in [-0.25, -0.2) is 0 Å². The van der Waals surface area contributed by atoms with Crippen LogP contribution in [0.3, 0.4) is 0 Å². The van der Waals surface area contributed by atoms with Crippen molar-refractivity contribution in [2.75, 3.05) is 19.6 Å². The monoisotopic (exact) mass is 436 g/mol. The van der Waals surface area contributed by atoms with Gasteiger partial charge in [-0.3, -0.25) is 4.90 Å². The standard InChI is InChI=1S/C24H25BrN2O/c1-2-10-27-11-9-24(16-5-3-6-18(28)12-16)14-22-20(13-17(24)15-27)19-7-4-8-21(25)23(19)26-22/h2-8,12,17,26,28H,1,9-11,13-15H2. The highest BCUT2D eigenvalue weighted by atomic mass is 79.9. The van der Waals surface area contributed by atoms with Crippen molar-refractivity contribution in [2.45, 2.75) is 24.7 Å². The molecule has 2 heterocycles. The summed E-state index contributed by atoms with van der Waals surface area (Å²) >= 11 is 3.71. The van der Waals surface area contributed by atoms with E-state index in [1.807, 2.05) is 18.2 Å². The van der Waals surface area contributed by atoms with Gasteiger partial charge in [0.2, 0.25) is 0 Å². The van der Waals surface area contributed by atoms with Crippen molar-refractivity contribution in [3.05, 3.63) is 76.4 Å². The zero-order chi connectivity index (χ0) is 19.3. The third-order valence-corrected chi connectivity index (χ3v) is 7.53. The summed E-state index contributed by atoms with van der Waals surface area (Å²) in [7, 11) is 0. The maximum Gasteiger partial charge on any atom is 0.115 e. The first kappa shape index (κ1) is 18.0. The number of phenolic OH excluding ortho intramolecular Hbond substituents is 1. The van der Waals surface area contributed by atoms with Crippen molar-refractivity contribution in [2.24, 2.45) is 5.92 Å². The molecule has 3 aromatic rings. The Bertz CT molecular complexity index is 1060. The number of rotatable bonds is 3. The Balaban J connectivity index is 1.65. The van der Waals surface area contributed by atoms with Crippen LogP contribution in [-0.4, -0.2) is 34.6 Å². The van der Waals surface area contributed by atoms with Crippen LogP contribution in [0.25, 0.3) is 10.9 Å². The highest BCUT2D eigenvalue weighted by molar-refractivity contribution is 9.10. The fourth-order valence-electron chi connectivity index (χ4n) is 5.52. The number of likely N-dealkylation sites (tertiary alicyclic amines) is 1. The zero-order valence-electron chi connectivity index (χ0n) is 15.9. The molecule has 0 radical (unpaired) electrons. The van der Waals surface area contributed by atoms with Gasteiger partial charge in [-0.2, -0.15) is 0 Å². The Morgan fingerprint density at radius 1 is 1.29 bits per heavy atom. The number of aromatic hydroxyl groups is 1. The molecular formula is C24H25BrN2O. The van der Waals surface area contributed by atoms with Crippen molar-refractivity contribution in [3.63, 3.8) is 0 Å². The van der Waals surface area contributed by atoms with E-state index in [0.717, 1.165) is 43.4 Å². The molecule has 1 aliphatic heterocycles. The molecule has 1 aliphatic carbocycles. The molecule has 0 amide bonds. The predicted molar refractivity (Wildman–Crippen MR) is 118 cm³/mol. The lowest BCUT2D eigenvalue weighted by atomic mass is 9.58. The molecule has 2 aliphatic rings. The number of nitrogens with zero attached hydrogens (tertiary/aromatic N) is 1. The number of benzene rings is 2. The van der Waals surface area contributed by atoms with Gasteiger partial charge in [-0.1, -0.05) is 30.3 Å². The molecule has 0 bridgehead atoms. The second kappa shape index (κ2) is 6.78. The van der Waals surface area contributed by atoms with E-state index in [1.165, 1.54) is 27.7 Å². The van der Waals surface area contributed by atoms with Gasteiger partial charge in [0.1, 0.15) is 5.75 Å². The lowest BCUT2D eigenvalue weighted by molar-refractivity contribution is 0.0896. The molecule has 2 unspecified atom stereocenters. The molecule has 3 nitrogen and oxygen atoms in total. The van der Waals surface area contributed by atoms with E-state index < -0.39 is 0 Å². The Morgan fingerprint density at radius 3 is 2.96 bits per heavy atom. The van der Waals surface area contributed by atoms with E-state index in [1.54, 1.807) is 6.07 Å². The second-order valence-corrected chi connectivity index (χ2v) is 9.18. The summed E-state index contributed by atoms with van der Waals surface area (Å²) in [5, 5.41) is 11.5. The lowest BCUT2D eigenvalue weighted by Crippen LogP contribution is -2.53. The quantitative estimate of drug-likeness (QED) is 0.555. The number of nitrogens with one attached hydrogen (secondary N) is 1. The molecule has 0 saturated carbocycles. The van der Waals surface area contributed by atoms with Gasteiger partial charge in [0, 0.05) is 34.1 Å². The molecule has 28 heavy (non-hydrogen) atoms. The summed E-state index contributed by atoms with van der Waals surface area (Å²) in [5.74, 6) is 0.887. The lowest BCUT2D eigenvalue weighted by Gasteiger charge is -2.51. The van der Waals surface area contributed by atoms with Gasteiger partial charge >= 0.3 is 0 Å². The molecule has 5 rings (SSSR count). The fraction of sp³-hybridized carbons (Fsp3) is 0.333. The average Bonchev–Trinajstić information content (AvgIpc) is 3.05. The summed E-state index contributed by atoms with van der Waals surface area (Å²) in [6.45, 7) is 7.02. The third kappa shape index (κ3) is 2.73. The normalized spacial score (nSPS) is 24.7. The van der Waals surface area contributed by atoms with Crippen LogP contribution in [-0.2, 0) is 18.3 Å². The predicted octanol–water partition coefficient (Wildman–Crippen LogP) is 5.18. The molecule has 2 atom stereocenters. The van der Waals surface area contributed by atoms with Crippen LogP contribution < -0.4 is 0 Å². The van der Waals surface area contributed by atoms with Gasteiger partial charge in [0.05, 0.1) is 5.52 Å². The molecule has 2 N–H and O–H groups in total. The number of aromatic amines is 1. The van der Waals surface area contributed by atoms with Crippen LogP contribution in [0.15, 0.2) is 59.6 Å². The Hall–Kier alpha value is -2.04.